The quantitative estimate of drug-likeness (QED) is 0.863. The van der Waals surface area contributed by atoms with Crippen molar-refractivity contribution < 1.29 is 4.79 Å². The topological polar surface area (TPSA) is 60.9 Å². The summed E-state index contributed by atoms with van der Waals surface area (Å²) in [6.07, 6.45) is 1.86. The first-order valence-electron chi connectivity index (χ1n) is 6.74. The number of aryl methyl sites for hydroxylation is 1. The Balaban J connectivity index is 2.07. The minimum atomic E-state index is 0.240. The molecule has 0 radical (unpaired) electrons. The van der Waals surface area contributed by atoms with E-state index in [4.69, 9.17) is 5.73 Å². The molecule has 4 heteroatoms. The Labute approximate surface area is 113 Å². The molecule has 2 aromatic rings. The van der Waals surface area contributed by atoms with E-state index in [1.54, 1.807) is 0 Å². The lowest BCUT2D eigenvalue weighted by Gasteiger charge is -2.06. The Morgan fingerprint density at radius 3 is 2.89 bits per heavy atom. The van der Waals surface area contributed by atoms with Crippen molar-refractivity contribution >= 4 is 16.7 Å². The second-order valence-corrected chi connectivity index (χ2v) is 5.18. The molecule has 4 nitrogen and oxygen atoms in total. The molecular formula is C15H21N3O. The van der Waals surface area contributed by atoms with E-state index in [0.717, 1.165) is 23.0 Å². The number of fused-ring (bicyclic) bond motifs is 1. The van der Waals surface area contributed by atoms with Gasteiger partial charge in [0.2, 0.25) is 0 Å². The summed E-state index contributed by atoms with van der Waals surface area (Å²) in [5.74, 6) is 0.647. The molecule has 0 fully saturated rings. The molecule has 102 valence electrons. The van der Waals surface area contributed by atoms with Crippen molar-refractivity contribution in [3.63, 3.8) is 0 Å². The van der Waals surface area contributed by atoms with Crippen LogP contribution in [0, 0.1) is 5.92 Å². The van der Waals surface area contributed by atoms with Crippen molar-refractivity contribution in [1.29, 1.82) is 0 Å². The lowest BCUT2D eigenvalue weighted by molar-refractivity contribution is -0.118. The monoisotopic (exact) mass is 259 g/mol. The van der Waals surface area contributed by atoms with Gasteiger partial charge in [-0.1, -0.05) is 25.1 Å². The molecule has 0 aliphatic heterocycles. The number of rotatable bonds is 6. The molecule has 1 aromatic heterocycles. The van der Waals surface area contributed by atoms with E-state index in [1.165, 1.54) is 0 Å². The third-order valence-electron chi connectivity index (χ3n) is 3.52. The molecule has 1 unspecified atom stereocenters. The van der Waals surface area contributed by atoms with Crippen LogP contribution in [0.2, 0.25) is 0 Å². The fourth-order valence-corrected chi connectivity index (χ4v) is 2.22. The minimum absolute atomic E-state index is 0.240. The van der Waals surface area contributed by atoms with Gasteiger partial charge in [0.15, 0.2) is 0 Å². The standard InChI is InChI=1S/C15H21N3O/c1-11(10-16)7-8-12(19)9-14-13-5-3-4-6-15(13)18(2)17-14/h3-6,11H,7-10,16H2,1-2H3. The summed E-state index contributed by atoms with van der Waals surface area (Å²) >= 11 is 0. The number of para-hydroxylation sites is 1. The van der Waals surface area contributed by atoms with Crippen molar-refractivity contribution in [2.45, 2.75) is 26.2 Å². The summed E-state index contributed by atoms with van der Waals surface area (Å²) < 4.78 is 1.83. The predicted octanol–water partition coefficient (Wildman–Crippen LogP) is 2.06. The molecule has 0 bridgehead atoms. The highest BCUT2D eigenvalue weighted by Crippen LogP contribution is 2.18. The summed E-state index contributed by atoms with van der Waals surface area (Å²) in [6, 6.07) is 8.01. The fraction of sp³-hybridized carbons (Fsp3) is 0.467. The van der Waals surface area contributed by atoms with Gasteiger partial charge in [-0.25, -0.2) is 0 Å². The number of benzene rings is 1. The number of carbonyl (C=O) groups excluding carboxylic acids is 1. The maximum Gasteiger partial charge on any atom is 0.138 e. The Bertz CT molecular complexity index is 574. The summed E-state index contributed by atoms with van der Waals surface area (Å²) in [7, 11) is 1.91. The maximum atomic E-state index is 12.0. The van der Waals surface area contributed by atoms with Crippen molar-refractivity contribution in [1.82, 2.24) is 9.78 Å². The second kappa shape index (κ2) is 5.97. The van der Waals surface area contributed by atoms with Gasteiger partial charge >= 0.3 is 0 Å². The number of nitrogens with two attached hydrogens (primary N) is 1. The number of ketones is 1. The van der Waals surface area contributed by atoms with Gasteiger partial charge < -0.3 is 5.73 Å². The second-order valence-electron chi connectivity index (χ2n) is 5.18. The van der Waals surface area contributed by atoms with Crippen LogP contribution < -0.4 is 5.73 Å². The van der Waals surface area contributed by atoms with Crippen molar-refractivity contribution in [3.05, 3.63) is 30.0 Å². The number of hydrogen-bond acceptors (Lipinski definition) is 3. The smallest absolute Gasteiger partial charge is 0.138 e. The zero-order chi connectivity index (χ0) is 13.8. The molecule has 19 heavy (non-hydrogen) atoms. The van der Waals surface area contributed by atoms with Crippen LogP contribution in [0.4, 0.5) is 0 Å². The largest absolute Gasteiger partial charge is 0.330 e. The highest BCUT2D eigenvalue weighted by atomic mass is 16.1. The van der Waals surface area contributed by atoms with E-state index >= 15 is 0 Å². The highest BCUT2D eigenvalue weighted by molar-refractivity contribution is 5.88. The van der Waals surface area contributed by atoms with Crippen LogP contribution in [-0.2, 0) is 18.3 Å². The molecule has 0 amide bonds. The third-order valence-corrected chi connectivity index (χ3v) is 3.52. The van der Waals surface area contributed by atoms with Gasteiger partial charge in [0, 0.05) is 18.9 Å². The number of carbonyl (C=O) groups is 1. The van der Waals surface area contributed by atoms with Crippen LogP contribution in [0.3, 0.4) is 0 Å². The normalized spacial score (nSPS) is 12.8. The fourth-order valence-electron chi connectivity index (χ4n) is 2.22. The molecular weight excluding hydrogens is 238 g/mol. The van der Waals surface area contributed by atoms with E-state index in [-0.39, 0.29) is 5.78 Å². The molecule has 1 aromatic carbocycles. The lowest BCUT2D eigenvalue weighted by atomic mass is 10.0. The minimum Gasteiger partial charge on any atom is -0.330 e. The molecule has 0 saturated carbocycles. The number of Topliss-reactive ketones (excluding diaryl/α,β-unsaturated/α-hetero) is 1. The zero-order valence-corrected chi connectivity index (χ0v) is 11.6. The van der Waals surface area contributed by atoms with E-state index in [1.807, 2.05) is 36.0 Å². The van der Waals surface area contributed by atoms with Gasteiger partial charge in [0.05, 0.1) is 17.6 Å². The van der Waals surface area contributed by atoms with Gasteiger partial charge in [-0.05, 0) is 24.9 Å². The van der Waals surface area contributed by atoms with Crippen LogP contribution in [-0.4, -0.2) is 22.1 Å². The third kappa shape index (κ3) is 3.20. The highest BCUT2D eigenvalue weighted by Gasteiger charge is 2.12. The van der Waals surface area contributed by atoms with E-state index in [9.17, 15) is 4.79 Å². The molecule has 1 heterocycles. The van der Waals surface area contributed by atoms with E-state index < -0.39 is 0 Å². The molecule has 2 rings (SSSR count). The van der Waals surface area contributed by atoms with E-state index in [0.29, 0.717) is 25.3 Å². The van der Waals surface area contributed by atoms with Crippen LogP contribution in [0.15, 0.2) is 24.3 Å². The molecule has 0 saturated heterocycles. The van der Waals surface area contributed by atoms with Gasteiger partial charge in [0.25, 0.3) is 0 Å². The molecule has 0 spiro atoms. The van der Waals surface area contributed by atoms with Gasteiger partial charge in [-0.3, -0.25) is 9.48 Å². The SMILES string of the molecule is CC(CN)CCC(=O)Cc1nn(C)c2ccccc12. The molecule has 2 N–H and O–H groups in total. The molecule has 0 aliphatic carbocycles. The number of aromatic nitrogens is 2. The van der Waals surface area contributed by atoms with Crippen molar-refractivity contribution in [2.24, 2.45) is 18.7 Å². The number of hydrogen-bond donors (Lipinski definition) is 1. The van der Waals surface area contributed by atoms with Crippen LogP contribution >= 0.6 is 0 Å². The average Bonchev–Trinajstić information content (AvgIpc) is 2.73. The first-order chi connectivity index (χ1) is 9.11. The Hall–Kier alpha value is -1.68. The van der Waals surface area contributed by atoms with Crippen LogP contribution in [0.5, 0.6) is 0 Å². The van der Waals surface area contributed by atoms with Gasteiger partial charge in [-0.2, -0.15) is 5.10 Å². The van der Waals surface area contributed by atoms with Crippen LogP contribution in [0.25, 0.3) is 10.9 Å². The predicted molar refractivity (Wildman–Crippen MR) is 76.9 cm³/mol. The number of nitrogens with zero attached hydrogens (tertiary/aromatic N) is 2. The molecule has 1 atom stereocenters. The average molecular weight is 259 g/mol. The maximum absolute atomic E-state index is 12.0. The van der Waals surface area contributed by atoms with Crippen LogP contribution in [0.1, 0.15) is 25.5 Å². The van der Waals surface area contributed by atoms with Gasteiger partial charge in [-0.15, -0.1) is 0 Å². The Morgan fingerprint density at radius 1 is 1.42 bits per heavy atom. The zero-order valence-electron chi connectivity index (χ0n) is 11.6. The van der Waals surface area contributed by atoms with Crippen molar-refractivity contribution in [3.8, 4) is 0 Å². The summed E-state index contributed by atoms with van der Waals surface area (Å²) in [6.45, 7) is 2.71. The Morgan fingerprint density at radius 2 is 2.16 bits per heavy atom. The Kier molecular flexibility index (Phi) is 4.32. The van der Waals surface area contributed by atoms with Crippen molar-refractivity contribution in [2.75, 3.05) is 6.54 Å². The lowest BCUT2D eigenvalue weighted by Crippen LogP contribution is -2.13. The molecule has 0 aliphatic rings. The summed E-state index contributed by atoms with van der Waals surface area (Å²) in [5.41, 5.74) is 7.51. The summed E-state index contributed by atoms with van der Waals surface area (Å²) in [4.78, 5) is 12.0. The first-order valence-corrected chi connectivity index (χ1v) is 6.74. The van der Waals surface area contributed by atoms with E-state index in [2.05, 4.69) is 12.0 Å². The summed E-state index contributed by atoms with van der Waals surface area (Å²) in [5, 5.41) is 5.52. The van der Waals surface area contributed by atoms with Gasteiger partial charge in [0.1, 0.15) is 5.78 Å². The first kappa shape index (κ1) is 13.7.